The minimum Gasteiger partial charge on any atom is -0.459 e. The van der Waals surface area contributed by atoms with Crippen molar-refractivity contribution in [1.82, 2.24) is 4.57 Å². The highest BCUT2D eigenvalue weighted by Gasteiger charge is 2.33. The molecule has 0 spiro atoms. The van der Waals surface area contributed by atoms with Gasteiger partial charge < -0.3 is 14.4 Å². The molecular formula is C28H28N4O6S. The van der Waals surface area contributed by atoms with E-state index in [0.29, 0.717) is 52.5 Å². The number of nitro groups is 1. The molecule has 1 aromatic heterocycles. The van der Waals surface area contributed by atoms with Crippen LogP contribution in [-0.4, -0.2) is 47.9 Å². The lowest BCUT2D eigenvalue weighted by atomic mass is 9.96. The third kappa shape index (κ3) is 5.27. The molecule has 0 radical (unpaired) electrons. The minimum atomic E-state index is -0.723. The molecule has 3 aromatic rings. The van der Waals surface area contributed by atoms with Gasteiger partial charge in [0.25, 0.3) is 11.2 Å². The fourth-order valence-corrected chi connectivity index (χ4v) is 5.85. The topological polar surface area (TPSA) is 116 Å². The average Bonchev–Trinajstić information content (AvgIpc) is 3.22. The van der Waals surface area contributed by atoms with Crippen molar-refractivity contribution in [3.05, 3.63) is 101 Å². The molecule has 0 saturated carbocycles. The molecule has 2 aromatic carbocycles. The van der Waals surface area contributed by atoms with Crippen LogP contribution in [0.15, 0.2) is 69.6 Å². The molecule has 0 N–H and O–H groups in total. The van der Waals surface area contributed by atoms with Crippen molar-refractivity contribution in [2.75, 3.05) is 31.2 Å². The molecule has 1 fully saturated rings. The lowest BCUT2D eigenvalue weighted by Gasteiger charge is -2.30. The Morgan fingerprint density at radius 3 is 2.59 bits per heavy atom. The van der Waals surface area contributed by atoms with Gasteiger partial charge >= 0.3 is 5.97 Å². The first kappa shape index (κ1) is 26.5. The smallest absolute Gasteiger partial charge is 0.338 e. The van der Waals surface area contributed by atoms with Gasteiger partial charge in [0.05, 0.1) is 46.1 Å². The van der Waals surface area contributed by atoms with Crippen molar-refractivity contribution in [2.24, 2.45) is 4.99 Å². The van der Waals surface area contributed by atoms with Gasteiger partial charge in [0, 0.05) is 36.5 Å². The van der Waals surface area contributed by atoms with Crippen molar-refractivity contribution in [3.63, 3.8) is 0 Å². The number of allylic oxidation sites excluding steroid dienone is 1. The van der Waals surface area contributed by atoms with Crippen LogP contribution in [0, 0.1) is 10.1 Å². The highest BCUT2D eigenvalue weighted by molar-refractivity contribution is 7.07. The summed E-state index contributed by atoms with van der Waals surface area (Å²) >= 11 is 1.19. The molecule has 0 aliphatic carbocycles. The van der Waals surface area contributed by atoms with Crippen LogP contribution in [0.5, 0.6) is 0 Å². The Bertz CT molecular complexity index is 1630. The maximum absolute atomic E-state index is 13.9. The number of benzene rings is 2. The third-order valence-electron chi connectivity index (χ3n) is 6.56. The molecule has 2 aliphatic rings. The van der Waals surface area contributed by atoms with E-state index in [9.17, 15) is 19.7 Å². The molecule has 1 atom stereocenters. The van der Waals surface area contributed by atoms with Gasteiger partial charge in [0.2, 0.25) is 0 Å². The van der Waals surface area contributed by atoms with E-state index < -0.39 is 16.9 Å². The highest BCUT2D eigenvalue weighted by Crippen LogP contribution is 2.31. The minimum absolute atomic E-state index is 0.0669. The van der Waals surface area contributed by atoms with E-state index in [2.05, 4.69) is 9.89 Å². The summed E-state index contributed by atoms with van der Waals surface area (Å²) in [6.07, 6.45) is 1.33. The van der Waals surface area contributed by atoms with Crippen LogP contribution in [0.4, 0.5) is 11.4 Å². The van der Waals surface area contributed by atoms with Crippen LogP contribution >= 0.6 is 11.3 Å². The number of non-ortho nitro benzene ring substituents is 1. The number of esters is 1. The molecule has 5 rings (SSSR count). The first-order valence-corrected chi connectivity index (χ1v) is 13.5. The lowest BCUT2D eigenvalue weighted by molar-refractivity contribution is -0.384. The summed E-state index contributed by atoms with van der Waals surface area (Å²) in [6.45, 7) is 7.63. The highest BCUT2D eigenvalue weighted by atomic mass is 32.1. The van der Waals surface area contributed by atoms with Gasteiger partial charge in [0.15, 0.2) is 4.80 Å². The predicted octanol–water partition coefficient (Wildman–Crippen LogP) is 2.93. The summed E-state index contributed by atoms with van der Waals surface area (Å²) in [4.78, 5) is 45.4. The number of rotatable bonds is 6. The first-order valence-electron chi connectivity index (χ1n) is 12.6. The summed E-state index contributed by atoms with van der Waals surface area (Å²) in [6, 6.07) is 13.2. The Balaban J connectivity index is 1.70. The average molecular weight is 549 g/mol. The molecule has 39 heavy (non-hydrogen) atoms. The van der Waals surface area contributed by atoms with Crippen LogP contribution in [0.1, 0.15) is 37.9 Å². The van der Waals surface area contributed by atoms with E-state index in [4.69, 9.17) is 9.47 Å². The van der Waals surface area contributed by atoms with Crippen molar-refractivity contribution < 1.29 is 19.2 Å². The number of anilines is 1. The van der Waals surface area contributed by atoms with Crippen LogP contribution in [0.2, 0.25) is 0 Å². The molecule has 0 bridgehead atoms. The molecule has 2 aliphatic heterocycles. The summed E-state index contributed by atoms with van der Waals surface area (Å²) in [5.41, 5.74) is 2.47. The number of fused-ring (bicyclic) bond motifs is 1. The van der Waals surface area contributed by atoms with E-state index in [1.807, 2.05) is 30.3 Å². The fourth-order valence-electron chi connectivity index (χ4n) is 4.82. The van der Waals surface area contributed by atoms with Crippen LogP contribution in [0.25, 0.3) is 6.08 Å². The second kappa shape index (κ2) is 11.0. The van der Waals surface area contributed by atoms with Gasteiger partial charge in [0.1, 0.15) is 0 Å². The van der Waals surface area contributed by atoms with Crippen molar-refractivity contribution in [3.8, 4) is 0 Å². The Morgan fingerprint density at radius 1 is 1.21 bits per heavy atom. The Hall–Kier alpha value is -4.09. The molecule has 1 saturated heterocycles. The summed E-state index contributed by atoms with van der Waals surface area (Å²) < 4.78 is 12.9. The maximum atomic E-state index is 13.9. The number of aromatic nitrogens is 1. The number of hydrogen-bond acceptors (Lipinski definition) is 9. The second-order valence-electron chi connectivity index (χ2n) is 9.55. The van der Waals surface area contributed by atoms with E-state index in [0.717, 1.165) is 11.3 Å². The molecular weight excluding hydrogens is 520 g/mol. The van der Waals surface area contributed by atoms with Crippen molar-refractivity contribution in [2.45, 2.75) is 32.9 Å². The van der Waals surface area contributed by atoms with Gasteiger partial charge in [-0.15, -0.1) is 0 Å². The zero-order valence-corrected chi connectivity index (χ0v) is 22.6. The summed E-state index contributed by atoms with van der Waals surface area (Å²) in [7, 11) is 0. The number of ether oxygens (including phenoxy) is 2. The molecule has 11 heteroatoms. The number of carbonyl (C=O) groups excluding carboxylic acids is 1. The van der Waals surface area contributed by atoms with Gasteiger partial charge in [-0.2, -0.15) is 0 Å². The number of nitro benzene ring substituents is 1. The number of hydrogen-bond donors (Lipinski definition) is 0. The monoisotopic (exact) mass is 548 g/mol. The molecule has 10 nitrogen and oxygen atoms in total. The lowest BCUT2D eigenvalue weighted by Crippen LogP contribution is -2.40. The zero-order chi connectivity index (χ0) is 27.7. The SMILES string of the molecule is CC1=C(C(=O)OC(C)C)C(c2ccccc2)n2c(sc(=Cc3cc([N+](=O)[O-])ccc3N3CCOCC3)c2=O)=N1. The molecule has 1 unspecified atom stereocenters. The van der Waals surface area contributed by atoms with Gasteiger partial charge in [-0.25, -0.2) is 9.79 Å². The van der Waals surface area contributed by atoms with Crippen LogP contribution in [0.3, 0.4) is 0 Å². The largest absolute Gasteiger partial charge is 0.459 e. The molecule has 202 valence electrons. The summed E-state index contributed by atoms with van der Waals surface area (Å²) in [5, 5.41) is 11.6. The predicted molar refractivity (Wildman–Crippen MR) is 148 cm³/mol. The van der Waals surface area contributed by atoms with E-state index in [1.165, 1.54) is 28.0 Å². The Kier molecular flexibility index (Phi) is 7.45. The normalized spacial score (nSPS) is 17.7. The Labute approximate surface area is 228 Å². The molecule has 0 amide bonds. The number of nitrogens with zero attached hydrogens (tertiary/aromatic N) is 4. The van der Waals surface area contributed by atoms with Crippen LogP contribution in [-0.2, 0) is 14.3 Å². The third-order valence-corrected chi connectivity index (χ3v) is 7.54. The zero-order valence-electron chi connectivity index (χ0n) is 21.8. The van der Waals surface area contributed by atoms with Crippen molar-refractivity contribution in [1.29, 1.82) is 0 Å². The van der Waals surface area contributed by atoms with Gasteiger partial charge in [-0.1, -0.05) is 41.7 Å². The van der Waals surface area contributed by atoms with E-state index in [-0.39, 0.29) is 17.4 Å². The fraction of sp³-hybridized carbons (Fsp3) is 0.321. The summed E-state index contributed by atoms with van der Waals surface area (Å²) in [5.74, 6) is -0.525. The second-order valence-corrected chi connectivity index (χ2v) is 10.6. The van der Waals surface area contributed by atoms with Gasteiger partial charge in [-0.05, 0) is 38.5 Å². The number of morpholine rings is 1. The quantitative estimate of drug-likeness (QED) is 0.264. The number of carbonyl (C=O) groups is 1. The van der Waals surface area contributed by atoms with Crippen LogP contribution < -0.4 is 19.8 Å². The van der Waals surface area contributed by atoms with Crippen molar-refractivity contribution >= 4 is 34.8 Å². The molecule has 3 heterocycles. The standard InChI is InChI=1S/C28H28N4O6S/c1-17(2)38-27(34)24-18(3)29-28-31(25(24)19-7-5-4-6-8-19)26(33)23(39-28)16-20-15-21(32(35)36)9-10-22(20)30-11-13-37-14-12-30/h4-10,15-17,25H,11-14H2,1-3H3. The van der Waals surface area contributed by atoms with Gasteiger partial charge in [-0.3, -0.25) is 19.5 Å². The van der Waals surface area contributed by atoms with E-state index >= 15 is 0 Å². The Morgan fingerprint density at radius 2 is 1.92 bits per heavy atom. The maximum Gasteiger partial charge on any atom is 0.338 e. The first-order chi connectivity index (χ1) is 18.7. The number of thiazole rings is 1. The van der Waals surface area contributed by atoms with E-state index in [1.54, 1.807) is 32.9 Å².